The molecule has 0 aromatic carbocycles. The van der Waals surface area contributed by atoms with E-state index < -0.39 is 0 Å². The molecular weight excluding hydrogens is 167 g/mol. The zero-order chi connectivity index (χ0) is 9.26. The van der Waals surface area contributed by atoms with Crippen molar-refractivity contribution < 1.29 is 4.39 Å². The van der Waals surface area contributed by atoms with Gasteiger partial charge in [0.15, 0.2) is 0 Å². The number of hydrogen-bond donors (Lipinski definition) is 1. The van der Waals surface area contributed by atoms with Gasteiger partial charge in [-0.2, -0.15) is 0 Å². The molecule has 2 N–H and O–H groups in total. The van der Waals surface area contributed by atoms with Crippen LogP contribution in [0, 0.1) is 11.7 Å². The normalized spacial score (nSPS) is 19.5. The van der Waals surface area contributed by atoms with Crippen molar-refractivity contribution in [2.75, 3.05) is 0 Å². The van der Waals surface area contributed by atoms with Gasteiger partial charge in [0, 0.05) is 17.8 Å². The minimum atomic E-state index is -0.276. The Morgan fingerprint density at radius 1 is 1.54 bits per heavy atom. The van der Waals surface area contributed by atoms with Crippen molar-refractivity contribution in [1.82, 2.24) is 4.98 Å². The molecule has 1 fully saturated rings. The second-order valence-corrected chi connectivity index (χ2v) is 3.61. The average molecular weight is 180 g/mol. The van der Waals surface area contributed by atoms with E-state index in [2.05, 4.69) is 4.98 Å². The van der Waals surface area contributed by atoms with Gasteiger partial charge in [-0.1, -0.05) is 6.42 Å². The third kappa shape index (κ3) is 1.56. The van der Waals surface area contributed by atoms with E-state index in [0.717, 1.165) is 12.8 Å². The molecule has 1 aromatic heterocycles. The molecule has 1 heterocycles. The molecule has 1 saturated carbocycles. The van der Waals surface area contributed by atoms with E-state index >= 15 is 0 Å². The number of nitrogens with two attached hydrogens (primary N) is 1. The summed E-state index contributed by atoms with van der Waals surface area (Å²) >= 11 is 0. The molecule has 0 saturated heterocycles. The molecule has 0 spiro atoms. The molecule has 1 aromatic rings. The van der Waals surface area contributed by atoms with Crippen molar-refractivity contribution >= 4 is 0 Å². The van der Waals surface area contributed by atoms with E-state index in [9.17, 15) is 4.39 Å². The van der Waals surface area contributed by atoms with Gasteiger partial charge in [-0.05, 0) is 24.8 Å². The Hall–Kier alpha value is -0.960. The molecule has 0 aliphatic heterocycles. The fourth-order valence-corrected chi connectivity index (χ4v) is 1.71. The van der Waals surface area contributed by atoms with Crippen LogP contribution in [0.3, 0.4) is 0 Å². The van der Waals surface area contributed by atoms with E-state index in [1.54, 1.807) is 12.3 Å². The van der Waals surface area contributed by atoms with Crippen molar-refractivity contribution in [1.29, 1.82) is 0 Å². The fraction of sp³-hybridized carbons (Fsp3) is 0.500. The average Bonchev–Trinajstić information content (AvgIpc) is 2.01. The number of rotatable bonds is 2. The molecular formula is C10H13FN2. The number of hydrogen-bond acceptors (Lipinski definition) is 2. The lowest BCUT2D eigenvalue weighted by Gasteiger charge is -2.31. The van der Waals surface area contributed by atoms with Crippen LogP contribution in [0.15, 0.2) is 18.5 Å². The predicted octanol–water partition coefficient (Wildman–Crippen LogP) is 2.02. The van der Waals surface area contributed by atoms with E-state index in [-0.39, 0.29) is 11.9 Å². The fourth-order valence-electron chi connectivity index (χ4n) is 1.71. The van der Waals surface area contributed by atoms with Crippen molar-refractivity contribution in [2.24, 2.45) is 11.7 Å². The maximum Gasteiger partial charge on any atom is 0.146 e. The summed E-state index contributed by atoms with van der Waals surface area (Å²) in [6.07, 6.45) is 6.31. The summed E-state index contributed by atoms with van der Waals surface area (Å²) in [4.78, 5) is 3.70. The Kier molecular flexibility index (Phi) is 2.27. The third-order valence-corrected chi connectivity index (χ3v) is 2.82. The third-order valence-electron chi connectivity index (χ3n) is 2.82. The quantitative estimate of drug-likeness (QED) is 0.756. The van der Waals surface area contributed by atoms with Crippen LogP contribution in [0.1, 0.15) is 30.9 Å². The molecule has 1 unspecified atom stereocenters. The Morgan fingerprint density at radius 2 is 2.31 bits per heavy atom. The van der Waals surface area contributed by atoms with E-state index in [0.29, 0.717) is 11.5 Å². The zero-order valence-electron chi connectivity index (χ0n) is 7.41. The van der Waals surface area contributed by atoms with Crippen LogP contribution >= 0.6 is 0 Å². The first-order valence-electron chi connectivity index (χ1n) is 4.64. The maximum atomic E-state index is 13.2. The van der Waals surface area contributed by atoms with Crippen LogP contribution in [-0.2, 0) is 0 Å². The largest absolute Gasteiger partial charge is 0.324 e. The first-order chi connectivity index (χ1) is 6.29. The summed E-state index contributed by atoms with van der Waals surface area (Å²) in [6.45, 7) is 0. The highest BCUT2D eigenvalue weighted by Crippen LogP contribution is 2.36. The van der Waals surface area contributed by atoms with Gasteiger partial charge in [0.05, 0.1) is 6.20 Å². The number of pyridine rings is 1. The molecule has 0 bridgehead atoms. The molecule has 70 valence electrons. The molecule has 0 amide bonds. The lowest BCUT2D eigenvalue weighted by molar-refractivity contribution is 0.260. The minimum absolute atomic E-state index is 0.142. The number of aromatic nitrogens is 1. The van der Waals surface area contributed by atoms with Gasteiger partial charge in [-0.15, -0.1) is 0 Å². The highest BCUT2D eigenvalue weighted by atomic mass is 19.1. The van der Waals surface area contributed by atoms with Gasteiger partial charge in [0.25, 0.3) is 0 Å². The SMILES string of the molecule is NC(c1ccncc1F)C1CCC1. The summed E-state index contributed by atoms with van der Waals surface area (Å²) in [7, 11) is 0. The molecule has 13 heavy (non-hydrogen) atoms. The van der Waals surface area contributed by atoms with Gasteiger partial charge in [0.1, 0.15) is 5.82 Å². The van der Waals surface area contributed by atoms with Crippen LogP contribution in [0.5, 0.6) is 0 Å². The van der Waals surface area contributed by atoms with Crippen LogP contribution in [0.4, 0.5) is 4.39 Å². The molecule has 1 atom stereocenters. The summed E-state index contributed by atoms with van der Waals surface area (Å²) in [5.41, 5.74) is 6.54. The molecule has 3 heteroatoms. The molecule has 0 radical (unpaired) electrons. The van der Waals surface area contributed by atoms with Gasteiger partial charge in [0.2, 0.25) is 0 Å². The Balaban J connectivity index is 2.18. The maximum absolute atomic E-state index is 13.2. The van der Waals surface area contributed by atoms with Crippen molar-refractivity contribution in [3.63, 3.8) is 0 Å². The Bertz CT molecular complexity index is 297. The minimum Gasteiger partial charge on any atom is -0.324 e. The smallest absolute Gasteiger partial charge is 0.146 e. The van der Waals surface area contributed by atoms with Crippen molar-refractivity contribution in [3.05, 3.63) is 29.8 Å². The van der Waals surface area contributed by atoms with Crippen molar-refractivity contribution in [2.45, 2.75) is 25.3 Å². The first-order valence-corrected chi connectivity index (χ1v) is 4.64. The second kappa shape index (κ2) is 3.42. The van der Waals surface area contributed by atoms with Gasteiger partial charge in [-0.25, -0.2) is 4.39 Å². The van der Waals surface area contributed by atoms with E-state index in [4.69, 9.17) is 5.73 Å². The predicted molar refractivity (Wildman–Crippen MR) is 48.5 cm³/mol. The Morgan fingerprint density at radius 3 is 2.85 bits per heavy atom. The highest BCUT2D eigenvalue weighted by molar-refractivity contribution is 5.18. The molecule has 1 aliphatic carbocycles. The zero-order valence-corrected chi connectivity index (χ0v) is 7.41. The molecule has 2 rings (SSSR count). The topological polar surface area (TPSA) is 38.9 Å². The van der Waals surface area contributed by atoms with E-state index in [1.165, 1.54) is 12.6 Å². The van der Waals surface area contributed by atoms with Crippen LogP contribution < -0.4 is 5.73 Å². The number of nitrogens with zero attached hydrogens (tertiary/aromatic N) is 1. The second-order valence-electron chi connectivity index (χ2n) is 3.61. The van der Waals surface area contributed by atoms with Gasteiger partial charge >= 0.3 is 0 Å². The van der Waals surface area contributed by atoms with Gasteiger partial charge < -0.3 is 5.73 Å². The first kappa shape index (κ1) is 8.63. The van der Waals surface area contributed by atoms with Gasteiger partial charge in [-0.3, -0.25) is 4.98 Å². The lowest BCUT2D eigenvalue weighted by atomic mass is 9.78. The van der Waals surface area contributed by atoms with Crippen LogP contribution in [-0.4, -0.2) is 4.98 Å². The van der Waals surface area contributed by atoms with E-state index in [1.807, 2.05) is 0 Å². The van der Waals surface area contributed by atoms with Crippen LogP contribution in [0.25, 0.3) is 0 Å². The highest BCUT2D eigenvalue weighted by Gasteiger charge is 2.27. The monoisotopic (exact) mass is 180 g/mol. The molecule has 1 aliphatic rings. The van der Waals surface area contributed by atoms with Crippen LogP contribution in [0.2, 0.25) is 0 Å². The standard InChI is InChI=1S/C10H13FN2/c11-9-6-13-5-4-8(9)10(12)7-2-1-3-7/h4-7,10H,1-3,12H2. The summed E-state index contributed by atoms with van der Waals surface area (Å²) in [5.74, 6) is 0.193. The van der Waals surface area contributed by atoms with Crippen molar-refractivity contribution in [3.8, 4) is 0 Å². The molecule has 2 nitrogen and oxygen atoms in total. The summed E-state index contributed by atoms with van der Waals surface area (Å²) in [5, 5.41) is 0. The number of halogens is 1. The Labute approximate surface area is 77.0 Å². The summed E-state index contributed by atoms with van der Waals surface area (Å²) < 4.78 is 13.2. The lowest BCUT2D eigenvalue weighted by Crippen LogP contribution is -2.27. The summed E-state index contributed by atoms with van der Waals surface area (Å²) in [6, 6.07) is 1.54.